The first-order valence-electron chi connectivity index (χ1n) is 5.37. The quantitative estimate of drug-likeness (QED) is 0.806. The number of rotatable bonds is 4. The van der Waals surface area contributed by atoms with Crippen molar-refractivity contribution in [2.75, 3.05) is 20.4 Å². The summed E-state index contributed by atoms with van der Waals surface area (Å²) in [5.74, 6) is 0.750. The largest absolute Gasteiger partial charge is 0.497 e. The summed E-state index contributed by atoms with van der Waals surface area (Å²) in [4.78, 5) is 12.8. The van der Waals surface area contributed by atoms with Crippen LogP contribution < -0.4 is 4.74 Å². The van der Waals surface area contributed by atoms with Gasteiger partial charge >= 0.3 is 6.09 Å². The van der Waals surface area contributed by atoms with Gasteiger partial charge in [-0.1, -0.05) is 12.1 Å². The lowest BCUT2D eigenvalue weighted by Gasteiger charge is -2.18. The lowest BCUT2D eigenvalue weighted by Crippen LogP contribution is -2.34. The van der Waals surface area contributed by atoms with E-state index in [-0.39, 0.29) is 6.61 Å². The van der Waals surface area contributed by atoms with Crippen LogP contribution in [0.1, 0.15) is 5.56 Å². The number of halogens is 1. The minimum Gasteiger partial charge on any atom is -0.497 e. The Labute approximate surface area is 98.9 Å². The van der Waals surface area contributed by atoms with E-state index < -0.39 is 18.8 Å². The maximum absolute atomic E-state index is 12.6. The second kappa shape index (κ2) is 5.03. The molecule has 1 saturated heterocycles. The van der Waals surface area contributed by atoms with Crippen LogP contribution in [0.4, 0.5) is 9.18 Å². The molecule has 1 aromatic rings. The summed E-state index contributed by atoms with van der Waals surface area (Å²) in [6, 6.07) is 6.84. The Balaban J connectivity index is 2.06. The molecular weight excluding hydrogens is 225 g/mol. The standard InChI is InChI=1S/C12H14FNO3/c1-16-11-4-2-9(3-5-11)7-14-10(6-13)8-17-12(14)15/h2-5,10H,6-8H2,1H3/t10-/m1/s1. The third-order valence-electron chi connectivity index (χ3n) is 2.76. The van der Waals surface area contributed by atoms with Gasteiger partial charge in [-0.25, -0.2) is 9.18 Å². The van der Waals surface area contributed by atoms with Crippen LogP contribution in [0.2, 0.25) is 0 Å². The number of cyclic esters (lactones) is 1. The molecule has 5 heteroatoms. The molecule has 4 nitrogen and oxygen atoms in total. The molecular formula is C12H14FNO3. The maximum atomic E-state index is 12.6. The molecule has 2 rings (SSSR count). The number of ether oxygens (including phenoxy) is 2. The third-order valence-corrected chi connectivity index (χ3v) is 2.76. The van der Waals surface area contributed by atoms with Gasteiger partial charge in [0, 0.05) is 6.54 Å². The highest BCUT2D eigenvalue weighted by molar-refractivity contribution is 5.70. The Morgan fingerprint density at radius 2 is 2.18 bits per heavy atom. The Morgan fingerprint density at radius 1 is 1.47 bits per heavy atom. The van der Waals surface area contributed by atoms with E-state index in [1.165, 1.54) is 4.90 Å². The van der Waals surface area contributed by atoms with Crippen molar-refractivity contribution in [3.8, 4) is 5.75 Å². The lowest BCUT2D eigenvalue weighted by molar-refractivity contribution is 0.155. The van der Waals surface area contributed by atoms with Crippen LogP contribution in [0.25, 0.3) is 0 Å². The topological polar surface area (TPSA) is 38.8 Å². The molecule has 17 heavy (non-hydrogen) atoms. The van der Waals surface area contributed by atoms with E-state index in [4.69, 9.17) is 9.47 Å². The van der Waals surface area contributed by atoms with E-state index in [1.54, 1.807) is 19.2 Å². The Hall–Kier alpha value is -1.78. The van der Waals surface area contributed by atoms with Crippen molar-refractivity contribution < 1.29 is 18.7 Å². The fraction of sp³-hybridized carbons (Fsp3) is 0.417. The molecule has 1 aliphatic rings. The molecule has 0 bridgehead atoms. The Morgan fingerprint density at radius 3 is 2.76 bits per heavy atom. The number of methoxy groups -OCH3 is 1. The minimum atomic E-state index is -0.581. The summed E-state index contributed by atoms with van der Waals surface area (Å²) in [7, 11) is 1.59. The summed E-state index contributed by atoms with van der Waals surface area (Å²) in [5.41, 5.74) is 0.920. The first kappa shape index (κ1) is 11.7. The van der Waals surface area contributed by atoms with Gasteiger partial charge in [0.25, 0.3) is 0 Å². The molecule has 1 aliphatic heterocycles. The van der Waals surface area contributed by atoms with Gasteiger partial charge in [-0.15, -0.1) is 0 Å². The molecule has 0 N–H and O–H groups in total. The first-order valence-corrected chi connectivity index (χ1v) is 5.37. The molecule has 92 valence electrons. The zero-order valence-corrected chi connectivity index (χ0v) is 9.56. The predicted octanol–water partition coefficient (Wildman–Crippen LogP) is 1.99. The van der Waals surface area contributed by atoms with Crippen LogP contribution in [0.5, 0.6) is 5.75 Å². The van der Waals surface area contributed by atoms with E-state index in [0.717, 1.165) is 11.3 Å². The predicted molar refractivity (Wildman–Crippen MR) is 59.6 cm³/mol. The number of hydrogen-bond donors (Lipinski definition) is 0. The van der Waals surface area contributed by atoms with Crippen LogP contribution in [-0.4, -0.2) is 37.4 Å². The van der Waals surface area contributed by atoms with Crippen molar-refractivity contribution in [3.05, 3.63) is 29.8 Å². The number of alkyl halides is 1. The van der Waals surface area contributed by atoms with Crippen molar-refractivity contribution in [2.24, 2.45) is 0 Å². The summed E-state index contributed by atoms with van der Waals surface area (Å²) in [6.45, 7) is -0.0925. The number of amides is 1. The number of benzene rings is 1. The SMILES string of the molecule is COc1ccc(CN2C(=O)OC[C@H]2CF)cc1. The summed E-state index contributed by atoms with van der Waals surface area (Å²) >= 11 is 0. The van der Waals surface area contributed by atoms with Crippen LogP contribution in [0, 0.1) is 0 Å². The van der Waals surface area contributed by atoms with Gasteiger partial charge in [-0.05, 0) is 17.7 Å². The molecule has 0 aliphatic carbocycles. The molecule has 1 fully saturated rings. The Kier molecular flexibility index (Phi) is 3.46. The molecule has 0 saturated carbocycles. The average Bonchev–Trinajstić information content (AvgIpc) is 2.71. The van der Waals surface area contributed by atoms with E-state index in [1.807, 2.05) is 12.1 Å². The average molecular weight is 239 g/mol. The van der Waals surface area contributed by atoms with Gasteiger partial charge in [-0.3, -0.25) is 4.90 Å². The second-order valence-corrected chi connectivity index (χ2v) is 3.86. The second-order valence-electron chi connectivity index (χ2n) is 3.86. The molecule has 1 atom stereocenters. The van der Waals surface area contributed by atoms with Crippen LogP contribution in [0.15, 0.2) is 24.3 Å². The molecule has 1 heterocycles. The van der Waals surface area contributed by atoms with Gasteiger partial charge in [0.1, 0.15) is 19.0 Å². The van der Waals surface area contributed by atoms with E-state index in [2.05, 4.69) is 0 Å². The normalized spacial score (nSPS) is 19.3. The highest BCUT2D eigenvalue weighted by atomic mass is 19.1. The third kappa shape index (κ3) is 2.49. The van der Waals surface area contributed by atoms with Crippen molar-refractivity contribution in [1.29, 1.82) is 0 Å². The number of hydrogen-bond acceptors (Lipinski definition) is 3. The van der Waals surface area contributed by atoms with Gasteiger partial charge in [0.2, 0.25) is 0 Å². The zero-order chi connectivity index (χ0) is 12.3. The Bertz CT molecular complexity index is 393. The van der Waals surface area contributed by atoms with Gasteiger partial charge in [0.05, 0.1) is 13.2 Å². The molecule has 1 aromatic carbocycles. The van der Waals surface area contributed by atoms with E-state index in [9.17, 15) is 9.18 Å². The van der Waals surface area contributed by atoms with Crippen LogP contribution in [0.3, 0.4) is 0 Å². The zero-order valence-electron chi connectivity index (χ0n) is 9.56. The van der Waals surface area contributed by atoms with Crippen molar-refractivity contribution in [1.82, 2.24) is 4.90 Å². The first-order chi connectivity index (χ1) is 8.24. The molecule has 0 radical (unpaired) electrons. The molecule has 0 spiro atoms. The van der Waals surface area contributed by atoms with Crippen LogP contribution >= 0.6 is 0 Å². The summed E-state index contributed by atoms with van der Waals surface area (Å²) in [6.07, 6.45) is -0.455. The van der Waals surface area contributed by atoms with Crippen molar-refractivity contribution in [3.63, 3.8) is 0 Å². The fourth-order valence-electron chi connectivity index (χ4n) is 1.74. The monoisotopic (exact) mass is 239 g/mol. The van der Waals surface area contributed by atoms with Gasteiger partial charge in [-0.2, -0.15) is 0 Å². The molecule has 1 amide bonds. The highest BCUT2D eigenvalue weighted by Gasteiger charge is 2.32. The van der Waals surface area contributed by atoms with Crippen molar-refractivity contribution in [2.45, 2.75) is 12.6 Å². The van der Waals surface area contributed by atoms with Gasteiger partial charge in [0.15, 0.2) is 0 Å². The van der Waals surface area contributed by atoms with Gasteiger partial charge < -0.3 is 9.47 Å². The smallest absolute Gasteiger partial charge is 0.410 e. The number of carbonyl (C=O) groups excluding carboxylic acids is 1. The van der Waals surface area contributed by atoms with E-state index >= 15 is 0 Å². The maximum Gasteiger partial charge on any atom is 0.410 e. The fourth-order valence-corrected chi connectivity index (χ4v) is 1.74. The summed E-state index contributed by atoms with van der Waals surface area (Å²) < 4.78 is 22.5. The lowest BCUT2D eigenvalue weighted by atomic mass is 10.2. The summed E-state index contributed by atoms with van der Waals surface area (Å²) in [5, 5.41) is 0. The van der Waals surface area contributed by atoms with Crippen molar-refractivity contribution >= 4 is 6.09 Å². The molecule has 0 unspecified atom stereocenters. The van der Waals surface area contributed by atoms with E-state index in [0.29, 0.717) is 6.54 Å². The number of nitrogens with zero attached hydrogens (tertiary/aromatic N) is 1. The minimum absolute atomic E-state index is 0.130. The van der Waals surface area contributed by atoms with Crippen LogP contribution in [-0.2, 0) is 11.3 Å². The highest BCUT2D eigenvalue weighted by Crippen LogP contribution is 2.18. The molecule has 0 aromatic heterocycles. The number of carbonyl (C=O) groups is 1.